The molecule has 0 radical (unpaired) electrons. The van der Waals surface area contributed by atoms with Gasteiger partial charge in [-0.1, -0.05) is 66.7 Å². The van der Waals surface area contributed by atoms with Crippen molar-refractivity contribution in [3.63, 3.8) is 0 Å². The number of carbonyl (C=O) groups is 4. The van der Waals surface area contributed by atoms with Gasteiger partial charge < -0.3 is 4.74 Å². The molecule has 0 bridgehead atoms. The van der Waals surface area contributed by atoms with E-state index in [-0.39, 0.29) is 12.2 Å². The van der Waals surface area contributed by atoms with Crippen LogP contribution in [0.5, 0.6) is 0 Å². The third-order valence-electron chi connectivity index (χ3n) is 7.56. The normalized spacial score (nSPS) is 24.7. The number of aryl methyl sites for hydroxylation is 1. The molecule has 1 N–H and O–H groups in total. The molecule has 0 saturated carbocycles. The van der Waals surface area contributed by atoms with Crippen molar-refractivity contribution in [3.05, 3.63) is 101 Å². The van der Waals surface area contributed by atoms with Crippen LogP contribution in [-0.2, 0) is 25.5 Å². The lowest BCUT2D eigenvalue weighted by Crippen LogP contribution is -2.57. The number of esters is 1. The summed E-state index contributed by atoms with van der Waals surface area (Å²) in [6.45, 7) is 3.37. The zero-order valence-corrected chi connectivity index (χ0v) is 20.9. The standard InChI is InChI=1S/C30H28N2O5/c1-18-10-7-8-15-23(18)26-24-25(30(31-26,29(36)37-3)17-20-11-5-4-6-12-20)28(35)32(27(24)34)22-14-9-13-21(16-22)19(2)33/h4-16,24-26,31H,17H2,1-3H3. The summed E-state index contributed by atoms with van der Waals surface area (Å²) in [5.41, 5.74) is 1.87. The first-order chi connectivity index (χ1) is 17.8. The molecule has 3 aromatic carbocycles. The van der Waals surface area contributed by atoms with Gasteiger partial charge in [0.05, 0.1) is 24.6 Å². The fraction of sp³-hybridized carbons (Fsp3) is 0.267. The van der Waals surface area contributed by atoms with Crippen LogP contribution in [0.4, 0.5) is 5.69 Å². The number of Topliss-reactive ketones (excluding diaryl/α,β-unsaturated/α-hetero) is 1. The lowest BCUT2D eigenvalue weighted by molar-refractivity contribution is -0.152. The average Bonchev–Trinajstić information content (AvgIpc) is 3.38. The van der Waals surface area contributed by atoms with Crippen molar-refractivity contribution in [2.24, 2.45) is 11.8 Å². The number of carbonyl (C=O) groups excluding carboxylic acids is 4. The fourth-order valence-electron chi connectivity index (χ4n) is 5.85. The molecule has 2 fully saturated rings. The molecule has 2 amide bonds. The topological polar surface area (TPSA) is 92.8 Å². The van der Waals surface area contributed by atoms with E-state index in [9.17, 15) is 19.2 Å². The number of hydrogen-bond donors (Lipinski definition) is 1. The summed E-state index contributed by atoms with van der Waals surface area (Å²) in [4.78, 5) is 54.9. The van der Waals surface area contributed by atoms with E-state index in [0.717, 1.165) is 21.6 Å². The lowest BCUT2D eigenvalue weighted by atomic mass is 9.76. The van der Waals surface area contributed by atoms with Crippen LogP contribution in [0, 0.1) is 18.8 Å². The summed E-state index contributed by atoms with van der Waals surface area (Å²) in [5.74, 6) is -3.50. The summed E-state index contributed by atoms with van der Waals surface area (Å²) in [6, 6.07) is 22.9. The third-order valence-corrected chi connectivity index (χ3v) is 7.56. The van der Waals surface area contributed by atoms with Gasteiger partial charge in [-0.2, -0.15) is 0 Å². The van der Waals surface area contributed by atoms with Crippen molar-refractivity contribution in [1.29, 1.82) is 0 Å². The molecule has 188 valence electrons. The first-order valence-corrected chi connectivity index (χ1v) is 12.2. The summed E-state index contributed by atoms with van der Waals surface area (Å²) in [6.07, 6.45) is 0.171. The molecule has 0 spiro atoms. The third kappa shape index (κ3) is 3.96. The van der Waals surface area contributed by atoms with Crippen LogP contribution in [0.15, 0.2) is 78.9 Å². The van der Waals surface area contributed by atoms with Crippen molar-refractivity contribution < 1.29 is 23.9 Å². The highest BCUT2D eigenvalue weighted by molar-refractivity contribution is 6.24. The number of hydrogen-bond acceptors (Lipinski definition) is 6. The quantitative estimate of drug-likeness (QED) is 0.317. The minimum absolute atomic E-state index is 0.171. The molecule has 2 saturated heterocycles. The molecule has 7 nitrogen and oxygen atoms in total. The van der Waals surface area contributed by atoms with Crippen molar-refractivity contribution >= 4 is 29.3 Å². The van der Waals surface area contributed by atoms with E-state index in [4.69, 9.17) is 4.74 Å². The maximum absolute atomic E-state index is 14.1. The Morgan fingerprint density at radius 3 is 2.32 bits per heavy atom. The minimum Gasteiger partial charge on any atom is -0.468 e. The van der Waals surface area contributed by atoms with Gasteiger partial charge in [-0.3, -0.25) is 24.5 Å². The Kier molecular flexibility index (Phi) is 6.25. The number of nitrogens with one attached hydrogen (secondary N) is 1. The van der Waals surface area contributed by atoms with Crippen LogP contribution < -0.4 is 10.2 Å². The Bertz CT molecular complexity index is 1400. The van der Waals surface area contributed by atoms with Gasteiger partial charge in [-0.05, 0) is 42.7 Å². The van der Waals surface area contributed by atoms with Crippen LogP contribution in [0.3, 0.4) is 0 Å². The summed E-state index contributed by atoms with van der Waals surface area (Å²) in [5, 5.41) is 3.43. The predicted molar refractivity (Wildman–Crippen MR) is 138 cm³/mol. The van der Waals surface area contributed by atoms with Gasteiger partial charge in [0, 0.05) is 18.0 Å². The highest BCUT2D eigenvalue weighted by Gasteiger charge is 2.69. The number of ketones is 1. The molecule has 2 aliphatic rings. The number of benzene rings is 3. The maximum atomic E-state index is 14.1. The number of rotatable bonds is 6. The molecular weight excluding hydrogens is 468 g/mol. The molecule has 5 rings (SSSR count). The monoisotopic (exact) mass is 496 g/mol. The molecule has 0 aliphatic carbocycles. The van der Waals surface area contributed by atoms with Gasteiger partial charge in [-0.25, -0.2) is 4.90 Å². The van der Waals surface area contributed by atoms with Gasteiger partial charge in [0.2, 0.25) is 11.8 Å². The van der Waals surface area contributed by atoms with Crippen molar-refractivity contribution in [3.8, 4) is 0 Å². The maximum Gasteiger partial charge on any atom is 0.327 e. The fourth-order valence-corrected chi connectivity index (χ4v) is 5.85. The predicted octanol–water partition coefficient (Wildman–Crippen LogP) is 3.80. The van der Waals surface area contributed by atoms with Crippen molar-refractivity contribution in [2.45, 2.75) is 31.8 Å². The van der Waals surface area contributed by atoms with Gasteiger partial charge in [0.15, 0.2) is 5.78 Å². The number of nitrogens with zero attached hydrogens (tertiary/aromatic N) is 1. The molecule has 2 heterocycles. The molecule has 0 aromatic heterocycles. The Labute approximate surface area is 215 Å². The smallest absolute Gasteiger partial charge is 0.327 e. The second-order valence-corrected chi connectivity index (χ2v) is 9.73. The SMILES string of the molecule is COC(=O)C1(Cc2ccccc2)NC(c2ccccc2C)C2C(=O)N(c3cccc(C(C)=O)c3)C(=O)C21. The minimum atomic E-state index is -1.46. The second-order valence-electron chi connectivity index (χ2n) is 9.73. The Hall–Kier alpha value is -4.10. The number of ether oxygens (including phenoxy) is 1. The highest BCUT2D eigenvalue weighted by atomic mass is 16.5. The van der Waals surface area contributed by atoms with E-state index in [1.165, 1.54) is 14.0 Å². The van der Waals surface area contributed by atoms with E-state index in [0.29, 0.717) is 11.3 Å². The zero-order chi connectivity index (χ0) is 26.3. The van der Waals surface area contributed by atoms with Crippen molar-refractivity contribution in [1.82, 2.24) is 5.32 Å². The van der Waals surface area contributed by atoms with Gasteiger partial charge >= 0.3 is 5.97 Å². The number of imide groups is 1. The first kappa shape index (κ1) is 24.6. The molecule has 37 heavy (non-hydrogen) atoms. The number of fused-ring (bicyclic) bond motifs is 1. The molecule has 4 atom stereocenters. The summed E-state index contributed by atoms with van der Waals surface area (Å²) in [7, 11) is 1.29. The zero-order valence-electron chi connectivity index (χ0n) is 20.9. The summed E-state index contributed by atoms with van der Waals surface area (Å²) >= 11 is 0. The van der Waals surface area contributed by atoms with Gasteiger partial charge in [0.1, 0.15) is 5.54 Å². The largest absolute Gasteiger partial charge is 0.468 e. The molecule has 3 aromatic rings. The molecule has 4 unspecified atom stereocenters. The Morgan fingerprint density at radius 1 is 0.946 bits per heavy atom. The first-order valence-electron chi connectivity index (χ1n) is 12.2. The lowest BCUT2D eigenvalue weighted by Gasteiger charge is -2.33. The number of methoxy groups -OCH3 is 1. The van der Waals surface area contributed by atoms with Gasteiger partial charge in [0.25, 0.3) is 0 Å². The van der Waals surface area contributed by atoms with Crippen LogP contribution in [-0.4, -0.2) is 36.2 Å². The number of anilines is 1. The van der Waals surface area contributed by atoms with Crippen LogP contribution >= 0.6 is 0 Å². The number of amides is 2. The van der Waals surface area contributed by atoms with Crippen LogP contribution in [0.25, 0.3) is 0 Å². The van der Waals surface area contributed by atoms with E-state index in [2.05, 4.69) is 5.32 Å². The highest BCUT2D eigenvalue weighted by Crippen LogP contribution is 2.51. The average molecular weight is 497 g/mol. The van der Waals surface area contributed by atoms with E-state index in [1.54, 1.807) is 24.3 Å². The van der Waals surface area contributed by atoms with E-state index in [1.807, 2.05) is 61.5 Å². The van der Waals surface area contributed by atoms with Crippen LogP contribution in [0.2, 0.25) is 0 Å². The Balaban J connectivity index is 1.69. The summed E-state index contributed by atoms with van der Waals surface area (Å²) < 4.78 is 5.28. The van der Waals surface area contributed by atoms with Crippen molar-refractivity contribution in [2.75, 3.05) is 12.0 Å². The van der Waals surface area contributed by atoms with Crippen LogP contribution in [0.1, 0.15) is 40.0 Å². The van der Waals surface area contributed by atoms with E-state index >= 15 is 0 Å². The molecule has 7 heteroatoms. The van der Waals surface area contributed by atoms with E-state index < -0.39 is 41.2 Å². The molecule has 2 aliphatic heterocycles. The second kappa shape index (κ2) is 9.41. The van der Waals surface area contributed by atoms with Gasteiger partial charge in [-0.15, -0.1) is 0 Å². The Morgan fingerprint density at radius 2 is 1.65 bits per heavy atom. The molecular formula is C30H28N2O5.